The molecule has 3 rings (SSSR count). The van der Waals surface area contributed by atoms with Crippen LogP contribution in [0.1, 0.15) is 24.0 Å². The Morgan fingerprint density at radius 1 is 1.11 bits per heavy atom. The maximum atomic E-state index is 13.2. The van der Waals surface area contributed by atoms with E-state index in [2.05, 4.69) is 33.9 Å². The van der Waals surface area contributed by atoms with Gasteiger partial charge in [0.05, 0.1) is 9.92 Å². The highest BCUT2D eigenvalue weighted by Crippen LogP contribution is 2.20. The number of unbranched alkanes of at least 4 members (excludes halogenated alkanes) is 1. The van der Waals surface area contributed by atoms with Crippen LogP contribution in [0, 0.1) is 5.82 Å². The Morgan fingerprint density at radius 3 is 2.59 bits per heavy atom. The molecule has 0 fully saturated rings. The molecule has 0 aromatic heterocycles. The molecule has 1 N–H and O–H groups in total. The fraction of sp³-hybridized carbons (Fsp3) is 0.368. The summed E-state index contributed by atoms with van der Waals surface area (Å²) in [6.07, 6.45) is 2.72. The molecular formula is C19H23Cl2FN2O2S. The minimum absolute atomic E-state index is 0. The highest BCUT2D eigenvalue weighted by Gasteiger charge is 2.17. The van der Waals surface area contributed by atoms with Gasteiger partial charge in [-0.2, -0.15) is 0 Å². The summed E-state index contributed by atoms with van der Waals surface area (Å²) in [4.78, 5) is 2.38. The fourth-order valence-electron chi connectivity index (χ4n) is 3.14. The highest BCUT2D eigenvalue weighted by molar-refractivity contribution is 7.89. The van der Waals surface area contributed by atoms with Crippen LogP contribution in [-0.4, -0.2) is 33.0 Å². The van der Waals surface area contributed by atoms with Crippen molar-refractivity contribution in [3.8, 4) is 0 Å². The van der Waals surface area contributed by atoms with E-state index >= 15 is 0 Å². The number of nitrogens with one attached hydrogen (secondary N) is 1. The third-order valence-electron chi connectivity index (χ3n) is 4.60. The van der Waals surface area contributed by atoms with Gasteiger partial charge in [-0.3, -0.25) is 4.90 Å². The van der Waals surface area contributed by atoms with Gasteiger partial charge in [-0.15, -0.1) is 12.4 Å². The Kier molecular flexibility index (Phi) is 8.06. The first kappa shape index (κ1) is 22.1. The number of hydrogen-bond donors (Lipinski definition) is 1. The number of benzene rings is 2. The van der Waals surface area contributed by atoms with Crippen LogP contribution < -0.4 is 4.72 Å². The van der Waals surface area contributed by atoms with Crippen molar-refractivity contribution in [2.24, 2.45) is 0 Å². The van der Waals surface area contributed by atoms with E-state index in [0.29, 0.717) is 6.54 Å². The lowest BCUT2D eigenvalue weighted by Crippen LogP contribution is -2.32. The molecule has 0 saturated carbocycles. The van der Waals surface area contributed by atoms with Crippen molar-refractivity contribution in [1.29, 1.82) is 0 Å². The minimum Gasteiger partial charge on any atom is -0.299 e. The zero-order valence-corrected chi connectivity index (χ0v) is 17.2. The van der Waals surface area contributed by atoms with Gasteiger partial charge in [0.25, 0.3) is 0 Å². The van der Waals surface area contributed by atoms with Crippen molar-refractivity contribution in [2.75, 3.05) is 19.6 Å². The summed E-state index contributed by atoms with van der Waals surface area (Å²) < 4.78 is 40.1. The zero-order valence-electron chi connectivity index (χ0n) is 14.8. The Labute approximate surface area is 171 Å². The quantitative estimate of drug-likeness (QED) is 0.672. The third kappa shape index (κ3) is 5.90. The van der Waals surface area contributed by atoms with E-state index in [1.807, 2.05) is 0 Å². The molecule has 1 aliphatic heterocycles. The number of halogens is 3. The molecule has 8 heteroatoms. The van der Waals surface area contributed by atoms with Gasteiger partial charge in [-0.05, 0) is 55.1 Å². The van der Waals surface area contributed by atoms with Gasteiger partial charge in [-0.25, -0.2) is 17.5 Å². The van der Waals surface area contributed by atoms with Crippen molar-refractivity contribution in [2.45, 2.75) is 30.7 Å². The third-order valence-corrected chi connectivity index (χ3v) is 6.35. The van der Waals surface area contributed by atoms with Crippen LogP contribution in [0.4, 0.5) is 4.39 Å². The maximum Gasteiger partial charge on any atom is 0.240 e. The summed E-state index contributed by atoms with van der Waals surface area (Å²) >= 11 is 5.65. The lowest BCUT2D eigenvalue weighted by atomic mass is 10.00. The van der Waals surface area contributed by atoms with Gasteiger partial charge < -0.3 is 0 Å². The smallest absolute Gasteiger partial charge is 0.240 e. The largest absolute Gasteiger partial charge is 0.299 e. The van der Waals surface area contributed by atoms with Crippen molar-refractivity contribution in [3.05, 3.63) is 64.4 Å². The standard InChI is InChI=1S/C19H22ClFN2O2S.ClH/c20-18-13-17(7-8-19(18)21)26(24,25)22-10-3-4-11-23-12-9-15-5-1-2-6-16(15)14-23;/h1-2,5-8,13,22H,3-4,9-12,14H2;1H. The molecule has 0 aliphatic carbocycles. The van der Waals surface area contributed by atoms with Crippen LogP contribution in [-0.2, 0) is 23.0 Å². The van der Waals surface area contributed by atoms with Crippen molar-refractivity contribution in [3.63, 3.8) is 0 Å². The zero-order chi connectivity index (χ0) is 18.6. The number of rotatable bonds is 7. The Morgan fingerprint density at radius 2 is 1.85 bits per heavy atom. The summed E-state index contributed by atoms with van der Waals surface area (Å²) in [6.45, 7) is 3.28. The second-order valence-electron chi connectivity index (χ2n) is 6.48. The SMILES string of the molecule is Cl.O=S(=O)(NCCCCN1CCc2ccccc2C1)c1ccc(F)c(Cl)c1. The molecule has 0 radical (unpaired) electrons. The maximum absolute atomic E-state index is 13.2. The van der Waals surface area contributed by atoms with Crippen molar-refractivity contribution < 1.29 is 12.8 Å². The molecule has 27 heavy (non-hydrogen) atoms. The number of sulfonamides is 1. The summed E-state index contributed by atoms with van der Waals surface area (Å²) in [5.41, 5.74) is 2.81. The molecule has 0 spiro atoms. The Hall–Kier alpha value is -1.18. The number of hydrogen-bond acceptors (Lipinski definition) is 3. The highest BCUT2D eigenvalue weighted by atomic mass is 35.5. The second-order valence-corrected chi connectivity index (χ2v) is 8.65. The molecule has 0 amide bonds. The topological polar surface area (TPSA) is 49.4 Å². The van der Waals surface area contributed by atoms with E-state index in [4.69, 9.17) is 11.6 Å². The van der Waals surface area contributed by atoms with Gasteiger partial charge in [0.2, 0.25) is 10.0 Å². The average molecular weight is 433 g/mol. The first-order valence-electron chi connectivity index (χ1n) is 8.69. The van der Waals surface area contributed by atoms with Gasteiger partial charge in [0.15, 0.2) is 0 Å². The van der Waals surface area contributed by atoms with Gasteiger partial charge in [-0.1, -0.05) is 35.9 Å². The molecule has 4 nitrogen and oxygen atoms in total. The van der Waals surface area contributed by atoms with E-state index in [9.17, 15) is 12.8 Å². The first-order chi connectivity index (χ1) is 12.5. The lowest BCUT2D eigenvalue weighted by Gasteiger charge is -2.28. The molecule has 148 valence electrons. The van der Waals surface area contributed by atoms with Crippen LogP contribution >= 0.6 is 24.0 Å². The van der Waals surface area contributed by atoms with E-state index in [1.54, 1.807) is 0 Å². The van der Waals surface area contributed by atoms with Crippen molar-refractivity contribution >= 4 is 34.0 Å². The lowest BCUT2D eigenvalue weighted by molar-refractivity contribution is 0.249. The molecule has 1 heterocycles. The van der Waals surface area contributed by atoms with E-state index < -0.39 is 15.8 Å². The van der Waals surface area contributed by atoms with Gasteiger partial charge in [0.1, 0.15) is 5.82 Å². The summed E-state index contributed by atoms with van der Waals surface area (Å²) in [5.74, 6) is -0.631. The average Bonchev–Trinajstić information content (AvgIpc) is 2.63. The summed E-state index contributed by atoms with van der Waals surface area (Å²) in [6, 6.07) is 11.9. The predicted molar refractivity (Wildman–Crippen MR) is 109 cm³/mol. The van der Waals surface area contributed by atoms with Crippen LogP contribution in [0.2, 0.25) is 5.02 Å². The second kappa shape index (κ2) is 9.85. The normalized spacial score (nSPS) is 14.4. The fourth-order valence-corrected chi connectivity index (χ4v) is 4.48. The van der Waals surface area contributed by atoms with Crippen molar-refractivity contribution in [1.82, 2.24) is 9.62 Å². The Bertz CT molecular complexity index is 878. The van der Waals surface area contributed by atoms with Crippen LogP contribution in [0.15, 0.2) is 47.4 Å². The molecule has 0 atom stereocenters. The minimum atomic E-state index is -3.66. The molecule has 2 aromatic carbocycles. The van der Waals surface area contributed by atoms with Gasteiger partial charge in [0, 0.05) is 19.6 Å². The molecular weight excluding hydrogens is 410 g/mol. The van der Waals surface area contributed by atoms with E-state index in [1.165, 1.54) is 17.2 Å². The van der Waals surface area contributed by atoms with Crippen LogP contribution in [0.5, 0.6) is 0 Å². The molecule has 1 aliphatic rings. The molecule has 2 aromatic rings. The predicted octanol–water partition coefficient (Wildman–Crippen LogP) is 4.02. The van der Waals surface area contributed by atoms with E-state index in [-0.39, 0.29) is 22.3 Å². The Balaban J connectivity index is 0.00000261. The van der Waals surface area contributed by atoms with E-state index in [0.717, 1.165) is 51.0 Å². The summed E-state index contributed by atoms with van der Waals surface area (Å²) in [7, 11) is -3.66. The molecule has 0 saturated heterocycles. The van der Waals surface area contributed by atoms with Gasteiger partial charge >= 0.3 is 0 Å². The monoisotopic (exact) mass is 432 g/mol. The van der Waals surface area contributed by atoms with Crippen LogP contribution in [0.25, 0.3) is 0 Å². The first-order valence-corrected chi connectivity index (χ1v) is 10.6. The number of nitrogens with zero attached hydrogens (tertiary/aromatic N) is 1. The molecule has 0 bridgehead atoms. The summed E-state index contributed by atoms with van der Waals surface area (Å²) in [5, 5.41) is -0.196. The molecule has 0 unspecified atom stereocenters. The number of fused-ring (bicyclic) bond motifs is 1. The van der Waals surface area contributed by atoms with Crippen LogP contribution in [0.3, 0.4) is 0 Å².